The van der Waals surface area contributed by atoms with E-state index in [4.69, 9.17) is 0 Å². The SMILES string of the molecule is CCCCC(CCCC)(CCCC)[Si](C)(C)c1cnc(Br)cc1F. The lowest BCUT2D eigenvalue weighted by Crippen LogP contribution is -2.54. The summed E-state index contributed by atoms with van der Waals surface area (Å²) in [6, 6.07) is 1.55. The van der Waals surface area contributed by atoms with Crippen molar-refractivity contribution in [2.24, 2.45) is 0 Å². The molecular formula is C20H35BrFNSi. The molecule has 0 saturated carbocycles. The molecule has 4 heteroatoms. The third kappa shape index (κ3) is 5.14. The van der Waals surface area contributed by atoms with E-state index in [1.54, 1.807) is 6.07 Å². The van der Waals surface area contributed by atoms with Gasteiger partial charge in [-0.2, -0.15) is 0 Å². The van der Waals surface area contributed by atoms with Crippen molar-refractivity contribution in [3.8, 4) is 0 Å². The largest absolute Gasteiger partial charge is 0.249 e. The van der Waals surface area contributed by atoms with Gasteiger partial charge in [-0.05, 0) is 45.4 Å². The highest BCUT2D eigenvalue weighted by Crippen LogP contribution is 2.51. The quantitative estimate of drug-likeness (QED) is 0.274. The molecule has 0 atom stereocenters. The van der Waals surface area contributed by atoms with Crippen molar-refractivity contribution in [2.45, 2.75) is 96.7 Å². The summed E-state index contributed by atoms with van der Waals surface area (Å²) in [4.78, 5) is 4.37. The lowest BCUT2D eigenvalue weighted by Gasteiger charge is -2.47. The summed E-state index contributed by atoms with van der Waals surface area (Å²) in [7, 11) is -2.00. The zero-order valence-corrected chi connectivity index (χ0v) is 18.8. The molecule has 24 heavy (non-hydrogen) atoms. The second kappa shape index (κ2) is 10.1. The van der Waals surface area contributed by atoms with Crippen LogP contribution < -0.4 is 5.19 Å². The van der Waals surface area contributed by atoms with Crippen LogP contribution in [0.2, 0.25) is 18.1 Å². The van der Waals surface area contributed by atoms with Gasteiger partial charge in [0.15, 0.2) is 0 Å². The zero-order valence-electron chi connectivity index (χ0n) is 16.2. The predicted octanol–water partition coefficient (Wildman–Crippen LogP) is 7.21. The van der Waals surface area contributed by atoms with Crippen LogP contribution in [-0.4, -0.2) is 13.1 Å². The number of halogens is 2. The Balaban J connectivity index is 3.33. The van der Waals surface area contributed by atoms with Crippen LogP contribution in [0.3, 0.4) is 0 Å². The first-order chi connectivity index (χ1) is 11.3. The molecule has 1 rings (SSSR count). The first kappa shape index (κ1) is 21.8. The van der Waals surface area contributed by atoms with Gasteiger partial charge in [0.25, 0.3) is 0 Å². The maximum atomic E-state index is 14.8. The Morgan fingerprint density at radius 2 is 1.46 bits per heavy atom. The van der Waals surface area contributed by atoms with Gasteiger partial charge in [-0.1, -0.05) is 72.4 Å². The smallest absolute Gasteiger partial charge is 0.126 e. The van der Waals surface area contributed by atoms with Gasteiger partial charge in [0, 0.05) is 12.3 Å². The van der Waals surface area contributed by atoms with Crippen molar-refractivity contribution in [3.63, 3.8) is 0 Å². The molecule has 1 aromatic rings. The van der Waals surface area contributed by atoms with Gasteiger partial charge in [-0.3, -0.25) is 0 Å². The molecule has 1 aromatic heterocycles. The highest BCUT2D eigenvalue weighted by Gasteiger charge is 2.47. The molecule has 1 nitrogen and oxygen atoms in total. The van der Waals surface area contributed by atoms with E-state index < -0.39 is 8.07 Å². The Morgan fingerprint density at radius 1 is 1.00 bits per heavy atom. The van der Waals surface area contributed by atoms with Gasteiger partial charge in [0.05, 0.1) is 8.07 Å². The third-order valence-electron chi connectivity index (χ3n) is 5.85. The van der Waals surface area contributed by atoms with Gasteiger partial charge >= 0.3 is 0 Å². The van der Waals surface area contributed by atoms with Crippen molar-refractivity contribution >= 4 is 29.2 Å². The van der Waals surface area contributed by atoms with E-state index >= 15 is 0 Å². The fraction of sp³-hybridized carbons (Fsp3) is 0.750. The summed E-state index contributed by atoms with van der Waals surface area (Å²) in [5.74, 6) is -0.0672. The minimum absolute atomic E-state index is 0.0672. The van der Waals surface area contributed by atoms with Crippen LogP contribution in [0.5, 0.6) is 0 Å². The fourth-order valence-electron chi connectivity index (χ4n) is 4.01. The molecule has 0 unspecified atom stereocenters. The summed E-state index contributed by atoms with van der Waals surface area (Å²) >= 11 is 3.30. The number of aromatic nitrogens is 1. The second-order valence-corrected chi connectivity index (χ2v) is 13.4. The van der Waals surface area contributed by atoms with Crippen molar-refractivity contribution in [1.82, 2.24) is 4.98 Å². The van der Waals surface area contributed by atoms with Crippen LogP contribution in [0.25, 0.3) is 0 Å². The van der Waals surface area contributed by atoms with Crippen LogP contribution in [0.4, 0.5) is 4.39 Å². The predicted molar refractivity (Wildman–Crippen MR) is 110 cm³/mol. The van der Waals surface area contributed by atoms with Crippen LogP contribution >= 0.6 is 15.9 Å². The number of nitrogens with zero attached hydrogens (tertiary/aromatic N) is 1. The number of rotatable bonds is 11. The molecule has 0 spiro atoms. The Bertz CT molecular complexity index is 483. The first-order valence-electron chi connectivity index (χ1n) is 9.66. The molecule has 0 aliphatic heterocycles. The average Bonchev–Trinajstić information content (AvgIpc) is 2.54. The van der Waals surface area contributed by atoms with Crippen LogP contribution in [0, 0.1) is 5.82 Å². The minimum Gasteiger partial charge on any atom is -0.249 e. The first-order valence-corrected chi connectivity index (χ1v) is 13.5. The Morgan fingerprint density at radius 3 is 1.83 bits per heavy atom. The lowest BCUT2D eigenvalue weighted by atomic mass is 9.89. The molecule has 0 aliphatic carbocycles. The van der Waals surface area contributed by atoms with Crippen LogP contribution in [0.1, 0.15) is 78.6 Å². The summed E-state index contributed by atoms with van der Waals surface area (Å²) in [6.07, 6.45) is 12.9. The van der Waals surface area contributed by atoms with Crippen molar-refractivity contribution in [2.75, 3.05) is 0 Å². The van der Waals surface area contributed by atoms with Gasteiger partial charge in [-0.25, -0.2) is 9.37 Å². The van der Waals surface area contributed by atoms with Crippen LogP contribution in [0.15, 0.2) is 16.9 Å². The van der Waals surface area contributed by atoms with Crippen molar-refractivity contribution in [3.05, 3.63) is 22.7 Å². The van der Waals surface area contributed by atoms with E-state index in [-0.39, 0.29) is 10.9 Å². The Labute approximate surface area is 158 Å². The minimum atomic E-state index is -2.00. The number of pyridine rings is 1. The molecule has 0 aliphatic rings. The average molecular weight is 416 g/mol. The van der Waals surface area contributed by atoms with Gasteiger partial charge in [0.1, 0.15) is 10.4 Å². The fourth-order valence-corrected chi connectivity index (χ4v) is 8.35. The zero-order chi connectivity index (χ0) is 18.2. The van der Waals surface area contributed by atoms with Gasteiger partial charge < -0.3 is 0 Å². The van der Waals surface area contributed by atoms with E-state index in [0.29, 0.717) is 4.60 Å². The molecule has 138 valence electrons. The molecule has 0 N–H and O–H groups in total. The molecule has 0 aromatic carbocycles. The second-order valence-electron chi connectivity index (χ2n) is 7.70. The number of hydrogen-bond acceptors (Lipinski definition) is 1. The molecule has 1 heterocycles. The summed E-state index contributed by atoms with van der Waals surface area (Å²) in [5.41, 5.74) is 0. The third-order valence-corrected chi connectivity index (χ3v) is 11.4. The van der Waals surface area contributed by atoms with Gasteiger partial charge in [0.2, 0.25) is 0 Å². The van der Waals surface area contributed by atoms with Crippen molar-refractivity contribution < 1.29 is 4.39 Å². The van der Waals surface area contributed by atoms with Crippen LogP contribution in [-0.2, 0) is 0 Å². The molecule has 0 amide bonds. The maximum Gasteiger partial charge on any atom is 0.126 e. The summed E-state index contributed by atoms with van der Waals surface area (Å²) in [5, 5.41) is 1.19. The summed E-state index contributed by atoms with van der Waals surface area (Å²) in [6.45, 7) is 11.5. The summed E-state index contributed by atoms with van der Waals surface area (Å²) < 4.78 is 15.4. The highest BCUT2D eigenvalue weighted by atomic mass is 79.9. The topological polar surface area (TPSA) is 12.9 Å². The number of hydrogen-bond donors (Lipinski definition) is 0. The lowest BCUT2D eigenvalue weighted by molar-refractivity contribution is 0.388. The van der Waals surface area contributed by atoms with E-state index in [1.807, 2.05) is 6.20 Å². The number of unbranched alkanes of at least 4 members (excludes halogenated alkanes) is 3. The highest BCUT2D eigenvalue weighted by molar-refractivity contribution is 9.10. The Kier molecular flexibility index (Phi) is 9.14. The molecular weight excluding hydrogens is 381 g/mol. The molecule has 0 radical (unpaired) electrons. The van der Waals surface area contributed by atoms with E-state index in [0.717, 1.165) is 5.19 Å². The Hall–Kier alpha value is -0.223. The molecule has 0 saturated heterocycles. The van der Waals surface area contributed by atoms with Crippen molar-refractivity contribution in [1.29, 1.82) is 0 Å². The standard InChI is InChI=1S/C20H35BrFNSi/c1-6-9-12-20(13-10-7-2,14-11-8-3)24(4,5)18-16-23-19(21)15-17(18)22/h15-16H,6-14H2,1-5H3. The van der Waals surface area contributed by atoms with E-state index in [2.05, 4.69) is 54.8 Å². The molecule has 0 bridgehead atoms. The van der Waals surface area contributed by atoms with E-state index in [1.165, 1.54) is 57.8 Å². The normalized spacial score (nSPS) is 12.6. The monoisotopic (exact) mass is 415 g/mol. The maximum absolute atomic E-state index is 14.8. The molecule has 0 fully saturated rings. The van der Waals surface area contributed by atoms with Gasteiger partial charge in [-0.15, -0.1) is 0 Å². The van der Waals surface area contributed by atoms with E-state index in [9.17, 15) is 4.39 Å².